The first-order valence-corrected chi connectivity index (χ1v) is 21.4. The van der Waals surface area contributed by atoms with Gasteiger partial charge in [-0.25, -0.2) is 0 Å². The van der Waals surface area contributed by atoms with Gasteiger partial charge in [-0.1, -0.05) is 41.5 Å². The number of nitrogens with zero attached hydrogens (tertiary/aromatic N) is 3. The van der Waals surface area contributed by atoms with E-state index in [2.05, 4.69) is 25.7 Å². The smallest absolute Gasteiger partial charge is 0.373 e. The zero-order valence-corrected chi connectivity index (χ0v) is 40.4. The maximum Gasteiger partial charge on any atom is 0.373 e. The molecule has 0 aliphatic rings. The van der Waals surface area contributed by atoms with E-state index in [0.717, 1.165) is 0 Å². The lowest BCUT2D eigenvalue weighted by atomic mass is 9.82. The normalized spacial score (nSPS) is 13.8. The Morgan fingerprint density at radius 2 is 0.967 bits per heavy atom. The van der Waals surface area contributed by atoms with Gasteiger partial charge in [0.2, 0.25) is 0 Å². The van der Waals surface area contributed by atoms with Gasteiger partial charge in [-0.2, -0.15) is 19.2 Å². The second kappa shape index (κ2) is 25.6. The van der Waals surface area contributed by atoms with Crippen LogP contribution in [0.25, 0.3) is 0 Å². The molecule has 0 fully saturated rings. The summed E-state index contributed by atoms with van der Waals surface area (Å²) in [6.07, 6.45) is -0.409. The largest absolute Gasteiger partial charge is 0.481 e. The Balaban J connectivity index is -0.00000507. The Morgan fingerprint density at radius 3 is 1.28 bits per heavy atom. The molecule has 0 aromatic rings. The number of rotatable bonds is 20. The molecule has 0 aromatic heterocycles. The molecule has 19 heteroatoms. The lowest BCUT2D eigenvalue weighted by Crippen LogP contribution is -2.53. The van der Waals surface area contributed by atoms with Gasteiger partial charge in [0.1, 0.15) is 23.5 Å². The summed E-state index contributed by atoms with van der Waals surface area (Å²) in [6.45, 7) is 33.9. The van der Waals surface area contributed by atoms with E-state index < -0.39 is 78.3 Å². The first-order valence-electron chi connectivity index (χ1n) is 19.7. The number of carboxylic acids is 2. The third-order valence-electron chi connectivity index (χ3n) is 7.33. The summed E-state index contributed by atoms with van der Waals surface area (Å²) in [5, 5.41) is 19.8. The van der Waals surface area contributed by atoms with E-state index in [4.69, 9.17) is 37.7 Å². The van der Waals surface area contributed by atoms with Crippen LogP contribution >= 0.6 is 7.60 Å². The van der Waals surface area contributed by atoms with Gasteiger partial charge in [-0.3, -0.25) is 38.4 Å². The van der Waals surface area contributed by atoms with Crippen LogP contribution in [0.1, 0.15) is 137 Å². The average Bonchev–Trinajstić information content (AvgIpc) is 2.94. The van der Waals surface area contributed by atoms with E-state index in [-0.39, 0.29) is 56.1 Å². The molecule has 0 heterocycles. The van der Waals surface area contributed by atoms with Crippen molar-refractivity contribution in [3.63, 3.8) is 0 Å². The Labute approximate surface area is 357 Å². The number of carboxylic acid groups (broad SMARTS) is 2. The van der Waals surface area contributed by atoms with Crippen molar-refractivity contribution < 1.29 is 71.7 Å². The second-order valence-electron chi connectivity index (χ2n) is 20.7. The Hall–Kier alpha value is -3.33. The molecule has 60 heavy (non-hydrogen) atoms. The van der Waals surface area contributed by atoms with Crippen LogP contribution in [0, 0.1) is 10.8 Å². The van der Waals surface area contributed by atoms with Crippen molar-refractivity contribution >= 4 is 43.8 Å². The van der Waals surface area contributed by atoms with Crippen LogP contribution in [-0.4, -0.2) is 141 Å². The van der Waals surface area contributed by atoms with Gasteiger partial charge in [0.05, 0.1) is 30.6 Å². The molecule has 0 saturated carbocycles. The van der Waals surface area contributed by atoms with Crippen LogP contribution in [0.15, 0.2) is 0 Å². The fraction of sp³-hybridized carbons (Fsp3) is 0.854. The number of carbonyl (C=O) groups excluding carboxylic acids is 6. The van der Waals surface area contributed by atoms with Crippen molar-refractivity contribution in [3.8, 4) is 0 Å². The van der Waals surface area contributed by atoms with E-state index in [0.29, 0.717) is 13.1 Å². The van der Waals surface area contributed by atoms with Crippen molar-refractivity contribution in [3.05, 3.63) is 0 Å². The molecule has 0 saturated heterocycles. The molecule has 0 spiro atoms. The molecule has 350 valence electrons. The number of ether oxygens (including phenoxy) is 2. The topological polar surface area (TPSA) is 241 Å². The van der Waals surface area contributed by atoms with Gasteiger partial charge in [0.25, 0.3) is 0 Å². The molecule has 2 atom stereocenters. The summed E-state index contributed by atoms with van der Waals surface area (Å²) in [7, 11) is -3.89. The van der Waals surface area contributed by atoms with Crippen LogP contribution in [-0.2, 0) is 61.4 Å². The van der Waals surface area contributed by atoms with Gasteiger partial charge < -0.3 is 28.7 Å². The summed E-state index contributed by atoms with van der Waals surface area (Å²) < 4.78 is 38.2. The summed E-state index contributed by atoms with van der Waals surface area (Å²) >= 11 is 0. The van der Waals surface area contributed by atoms with Crippen molar-refractivity contribution in [2.45, 2.75) is 172 Å². The predicted octanol–water partition coefficient (Wildman–Crippen LogP) is 5.97. The van der Waals surface area contributed by atoms with Gasteiger partial charge in [-0.15, -0.1) is 0 Å². The zero-order valence-electron chi connectivity index (χ0n) is 39.5. The summed E-state index contributed by atoms with van der Waals surface area (Å²) in [5.74, 6) is -3.65. The maximum atomic E-state index is 14.7. The number of hydrogen-bond donors (Lipinski definition) is 2. The van der Waals surface area contributed by atoms with Gasteiger partial charge in [0, 0.05) is 38.8 Å². The highest BCUT2D eigenvalue weighted by atomic mass is 31.2. The Kier molecular flexibility index (Phi) is 26.0. The highest BCUT2D eigenvalue weighted by Gasteiger charge is 2.40. The van der Waals surface area contributed by atoms with E-state index in [1.165, 1.54) is 4.90 Å². The molecule has 2 N–H and O–H groups in total. The minimum atomic E-state index is -3.89. The van der Waals surface area contributed by atoms with Crippen LogP contribution in [0.2, 0.25) is 0 Å². The molecule has 0 aliphatic carbocycles. The number of carbonyl (C=O) groups is 4. The Morgan fingerprint density at radius 1 is 0.583 bits per heavy atom. The molecule has 0 bridgehead atoms. The fourth-order valence-corrected chi connectivity index (χ4v) is 8.43. The molecule has 0 aromatic carbocycles. The van der Waals surface area contributed by atoms with Gasteiger partial charge in [-0.05, 0) is 93.9 Å². The molecule has 0 rings (SSSR count). The van der Waals surface area contributed by atoms with Crippen LogP contribution in [0.5, 0.6) is 0 Å². The van der Waals surface area contributed by atoms with E-state index in [1.807, 2.05) is 25.7 Å². The van der Waals surface area contributed by atoms with Crippen molar-refractivity contribution in [1.29, 1.82) is 0 Å². The molecule has 0 amide bonds. The van der Waals surface area contributed by atoms with E-state index in [9.17, 15) is 34.0 Å². The summed E-state index contributed by atoms with van der Waals surface area (Å²) in [6, 6.07) is -1.70. The minimum absolute atomic E-state index is 0.0292. The van der Waals surface area contributed by atoms with Crippen LogP contribution in [0.4, 0.5) is 0 Å². The summed E-state index contributed by atoms with van der Waals surface area (Å²) in [4.78, 5) is 89.0. The van der Waals surface area contributed by atoms with Crippen molar-refractivity contribution in [2.75, 3.05) is 45.6 Å². The highest BCUT2D eigenvalue weighted by molar-refractivity contribution is 7.53. The third kappa shape index (κ3) is 33.4. The second-order valence-corrected chi connectivity index (χ2v) is 22.5. The minimum Gasteiger partial charge on any atom is -0.481 e. The van der Waals surface area contributed by atoms with E-state index >= 15 is 0 Å². The van der Waals surface area contributed by atoms with Crippen molar-refractivity contribution in [1.82, 2.24) is 14.7 Å². The predicted molar refractivity (Wildman–Crippen MR) is 222 cm³/mol. The molecule has 18 nitrogen and oxygen atoms in total. The molecule has 0 aliphatic heterocycles. The molecular weight excluding hydrogens is 805 g/mol. The summed E-state index contributed by atoms with van der Waals surface area (Å²) in [5.41, 5.74) is -4.09. The van der Waals surface area contributed by atoms with Crippen LogP contribution in [0.3, 0.4) is 0 Å². The number of hydrogen-bond acceptors (Lipinski definition) is 16. The van der Waals surface area contributed by atoms with Crippen LogP contribution < -0.4 is 0 Å². The standard InChI is InChI=1S/C39H76N3O11P.2CO2/c1-34(2,3)26-42(29(24-31(45)46)35(4,5)6)22-20-40(27-54(49,52-38(13,14)15)53-39(16,17)18)19-21-41(25-32(47)50-36(7,8)9)28(23-30(43)44)33(48)51-37(10,11)12;2*2-1-3/h28-29H,19-27H2,1-18H3,(H,43,44)(H,45,46);;. The lowest BCUT2D eigenvalue weighted by Gasteiger charge is -2.43. The third-order valence-corrected chi connectivity index (χ3v) is 9.73. The Bertz CT molecular complexity index is 1430. The first kappa shape index (κ1) is 61.0. The van der Waals surface area contributed by atoms with Gasteiger partial charge >= 0.3 is 43.8 Å². The molecule has 0 radical (unpaired) electrons. The van der Waals surface area contributed by atoms with Gasteiger partial charge in [0.15, 0.2) is 0 Å². The number of aliphatic carboxylic acids is 2. The molecular formula is C41H76N3O15P. The van der Waals surface area contributed by atoms with E-state index in [1.54, 1.807) is 83.1 Å². The quantitative estimate of drug-likeness (QED) is 0.106. The maximum absolute atomic E-state index is 14.7. The SMILES string of the molecule is CC(C)(C)CN(CCN(CCN(CC(=O)OC(C)(C)C)C(CC(=O)O)C(=O)OC(C)(C)C)CP(=O)(OC(C)(C)C)OC(C)(C)C)C(CC(=O)O)C(C)(C)C.O=C=O.O=C=O. The van der Waals surface area contributed by atoms with Crippen molar-refractivity contribution in [2.24, 2.45) is 10.8 Å². The zero-order chi connectivity index (χ0) is 48.3. The lowest BCUT2D eigenvalue weighted by molar-refractivity contribution is -0.193. The fourth-order valence-electron chi connectivity index (χ4n) is 5.83. The highest BCUT2D eigenvalue weighted by Crippen LogP contribution is 2.54. The monoisotopic (exact) mass is 882 g/mol. The first-order chi connectivity index (χ1) is 26.6. The number of esters is 2. The molecule has 2 unspecified atom stereocenters. The average molecular weight is 882 g/mol.